The molecule has 0 fully saturated rings. The van der Waals surface area contributed by atoms with Crippen molar-refractivity contribution in [2.24, 2.45) is 0 Å². The standard InChI is InChI=1S/C17H24F2O2/c1-3-4-5-6-7-8-11-21-13(2)17(20)15-10-9-14(18)12-16(15)19/h9-10,12-13H,3-8,11H2,1-2H3. The summed E-state index contributed by atoms with van der Waals surface area (Å²) in [6.07, 6.45) is 6.13. The van der Waals surface area contributed by atoms with Crippen molar-refractivity contribution in [2.75, 3.05) is 6.61 Å². The highest BCUT2D eigenvalue weighted by Crippen LogP contribution is 2.14. The van der Waals surface area contributed by atoms with Gasteiger partial charge < -0.3 is 4.74 Å². The number of unbranched alkanes of at least 4 members (excludes halogenated alkanes) is 5. The van der Waals surface area contributed by atoms with Crippen LogP contribution in [0.5, 0.6) is 0 Å². The maximum atomic E-state index is 13.5. The Hall–Kier alpha value is -1.29. The molecule has 118 valence electrons. The minimum Gasteiger partial charge on any atom is -0.370 e. The van der Waals surface area contributed by atoms with Crippen LogP contribution in [0, 0.1) is 11.6 Å². The molecule has 0 saturated heterocycles. The molecule has 1 aromatic rings. The quantitative estimate of drug-likeness (QED) is 0.453. The Morgan fingerprint density at radius 2 is 1.81 bits per heavy atom. The highest BCUT2D eigenvalue weighted by Gasteiger charge is 2.19. The predicted molar refractivity (Wildman–Crippen MR) is 79.5 cm³/mol. The van der Waals surface area contributed by atoms with Gasteiger partial charge in [0.15, 0.2) is 5.78 Å². The number of carbonyl (C=O) groups is 1. The lowest BCUT2D eigenvalue weighted by Crippen LogP contribution is -2.22. The molecule has 0 spiro atoms. The lowest BCUT2D eigenvalue weighted by Gasteiger charge is -2.12. The molecule has 0 aliphatic carbocycles. The molecule has 1 atom stereocenters. The Bertz CT molecular complexity index is 446. The first-order valence-corrected chi connectivity index (χ1v) is 7.67. The van der Waals surface area contributed by atoms with Crippen LogP contribution in [-0.4, -0.2) is 18.5 Å². The monoisotopic (exact) mass is 298 g/mol. The summed E-state index contributed by atoms with van der Waals surface area (Å²) in [7, 11) is 0. The lowest BCUT2D eigenvalue weighted by molar-refractivity contribution is 0.0460. The Morgan fingerprint density at radius 3 is 2.48 bits per heavy atom. The van der Waals surface area contributed by atoms with Gasteiger partial charge in [0, 0.05) is 12.7 Å². The summed E-state index contributed by atoms with van der Waals surface area (Å²) in [6.45, 7) is 4.26. The van der Waals surface area contributed by atoms with Gasteiger partial charge in [0.2, 0.25) is 0 Å². The van der Waals surface area contributed by atoms with Crippen molar-refractivity contribution >= 4 is 5.78 Å². The second-order valence-corrected chi connectivity index (χ2v) is 5.27. The number of Topliss-reactive ketones (excluding diaryl/α,β-unsaturated/α-hetero) is 1. The van der Waals surface area contributed by atoms with Gasteiger partial charge in [-0.3, -0.25) is 4.79 Å². The molecule has 0 saturated carbocycles. The second-order valence-electron chi connectivity index (χ2n) is 5.27. The third-order valence-corrected chi connectivity index (χ3v) is 3.43. The molecule has 21 heavy (non-hydrogen) atoms. The van der Waals surface area contributed by atoms with Crippen LogP contribution in [0.1, 0.15) is 62.7 Å². The van der Waals surface area contributed by atoms with Crippen molar-refractivity contribution in [3.8, 4) is 0 Å². The van der Waals surface area contributed by atoms with E-state index < -0.39 is 23.5 Å². The summed E-state index contributed by atoms with van der Waals surface area (Å²) >= 11 is 0. The van der Waals surface area contributed by atoms with E-state index in [2.05, 4.69) is 6.92 Å². The molecule has 0 heterocycles. The molecule has 1 rings (SSSR count). The van der Waals surface area contributed by atoms with Crippen LogP contribution >= 0.6 is 0 Å². The molecular weight excluding hydrogens is 274 g/mol. The molecule has 0 amide bonds. The van der Waals surface area contributed by atoms with E-state index in [-0.39, 0.29) is 5.56 Å². The van der Waals surface area contributed by atoms with Crippen molar-refractivity contribution in [3.63, 3.8) is 0 Å². The Morgan fingerprint density at radius 1 is 1.14 bits per heavy atom. The average Bonchev–Trinajstić information content (AvgIpc) is 2.45. The summed E-state index contributed by atoms with van der Waals surface area (Å²) in [4.78, 5) is 12.0. The zero-order valence-corrected chi connectivity index (χ0v) is 12.8. The van der Waals surface area contributed by atoms with Gasteiger partial charge in [-0.2, -0.15) is 0 Å². The molecule has 2 nitrogen and oxygen atoms in total. The van der Waals surface area contributed by atoms with Crippen LogP contribution < -0.4 is 0 Å². The number of carbonyl (C=O) groups excluding carboxylic acids is 1. The smallest absolute Gasteiger partial charge is 0.194 e. The van der Waals surface area contributed by atoms with Crippen molar-refractivity contribution in [1.82, 2.24) is 0 Å². The number of ether oxygens (including phenoxy) is 1. The summed E-state index contributed by atoms with van der Waals surface area (Å²) < 4.78 is 31.8. The van der Waals surface area contributed by atoms with E-state index in [0.717, 1.165) is 25.0 Å². The molecule has 0 aromatic heterocycles. The van der Waals surface area contributed by atoms with Crippen LogP contribution in [-0.2, 0) is 4.74 Å². The fourth-order valence-corrected chi connectivity index (χ4v) is 2.13. The van der Waals surface area contributed by atoms with E-state index in [1.165, 1.54) is 25.7 Å². The minimum atomic E-state index is -0.838. The zero-order valence-electron chi connectivity index (χ0n) is 12.8. The second kappa shape index (κ2) is 9.61. The first-order valence-electron chi connectivity index (χ1n) is 7.67. The number of benzene rings is 1. The SMILES string of the molecule is CCCCCCCCOC(C)C(=O)c1ccc(F)cc1F. The van der Waals surface area contributed by atoms with Crippen molar-refractivity contribution < 1.29 is 18.3 Å². The summed E-state index contributed by atoms with van der Waals surface area (Å²) in [5, 5.41) is 0. The van der Waals surface area contributed by atoms with E-state index in [1.807, 2.05) is 0 Å². The van der Waals surface area contributed by atoms with E-state index in [0.29, 0.717) is 12.7 Å². The molecule has 0 bridgehead atoms. The van der Waals surface area contributed by atoms with E-state index >= 15 is 0 Å². The van der Waals surface area contributed by atoms with Gasteiger partial charge in [0.25, 0.3) is 0 Å². The minimum absolute atomic E-state index is 0.119. The van der Waals surface area contributed by atoms with E-state index in [4.69, 9.17) is 4.74 Å². The van der Waals surface area contributed by atoms with E-state index in [1.54, 1.807) is 6.92 Å². The Kier molecular flexibility index (Phi) is 8.13. The van der Waals surface area contributed by atoms with Crippen molar-refractivity contribution in [2.45, 2.75) is 58.5 Å². The van der Waals surface area contributed by atoms with Gasteiger partial charge in [0.1, 0.15) is 17.7 Å². The summed E-state index contributed by atoms with van der Waals surface area (Å²) in [5.74, 6) is -1.97. The molecule has 4 heteroatoms. The largest absolute Gasteiger partial charge is 0.370 e. The van der Waals surface area contributed by atoms with Crippen molar-refractivity contribution in [1.29, 1.82) is 0 Å². The Labute approximate surface area is 125 Å². The first-order chi connectivity index (χ1) is 10.1. The van der Waals surface area contributed by atoms with Crippen LogP contribution in [0.2, 0.25) is 0 Å². The highest BCUT2D eigenvalue weighted by molar-refractivity contribution is 5.99. The molecule has 1 aromatic carbocycles. The summed E-state index contributed by atoms with van der Waals surface area (Å²) in [5.41, 5.74) is -0.119. The van der Waals surface area contributed by atoms with Crippen LogP contribution in [0.15, 0.2) is 18.2 Å². The molecule has 0 radical (unpaired) electrons. The van der Waals surface area contributed by atoms with Gasteiger partial charge in [-0.1, -0.05) is 39.0 Å². The number of rotatable bonds is 10. The first kappa shape index (κ1) is 17.8. The molecule has 0 N–H and O–H groups in total. The predicted octanol–water partition coefficient (Wildman–Crippen LogP) is 4.91. The van der Waals surface area contributed by atoms with Crippen LogP contribution in [0.25, 0.3) is 0 Å². The topological polar surface area (TPSA) is 26.3 Å². The maximum Gasteiger partial charge on any atom is 0.194 e. The van der Waals surface area contributed by atoms with Crippen molar-refractivity contribution in [3.05, 3.63) is 35.4 Å². The van der Waals surface area contributed by atoms with E-state index in [9.17, 15) is 13.6 Å². The molecule has 1 unspecified atom stereocenters. The average molecular weight is 298 g/mol. The Balaban J connectivity index is 2.31. The lowest BCUT2D eigenvalue weighted by atomic mass is 10.1. The van der Waals surface area contributed by atoms with Crippen LogP contribution in [0.4, 0.5) is 8.78 Å². The number of hydrogen-bond acceptors (Lipinski definition) is 2. The fourth-order valence-electron chi connectivity index (χ4n) is 2.13. The van der Waals surface area contributed by atoms with Gasteiger partial charge in [-0.05, 0) is 25.5 Å². The molecule has 0 aliphatic heterocycles. The third-order valence-electron chi connectivity index (χ3n) is 3.43. The molecule has 0 aliphatic rings. The zero-order chi connectivity index (χ0) is 15.7. The number of halogens is 2. The van der Waals surface area contributed by atoms with Gasteiger partial charge in [-0.15, -0.1) is 0 Å². The van der Waals surface area contributed by atoms with Gasteiger partial charge in [0.05, 0.1) is 5.56 Å². The normalized spacial score (nSPS) is 12.4. The highest BCUT2D eigenvalue weighted by atomic mass is 19.1. The number of ketones is 1. The van der Waals surface area contributed by atoms with Gasteiger partial charge in [-0.25, -0.2) is 8.78 Å². The molecular formula is C17H24F2O2. The van der Waals surface area contributed by atoms with Gasteiger partial charge >= 0.3 is 0 Å². The fraction of sp³-hybridized carbons (Fsp3) is 0.588. The number of hydrogen-bond donors (Lipinski definition) is 0. The van der Waals surface area contributed by atoms with Crippen LogP contribution in [0.3, 0.4) is 0 Å². The summed E-state index contributed by atoms with van der Waals surface area (Å²) in [6, 6.07) is 2.96. The maximum absolute atomic E-state index is 13.5. The third kappa shape index (κ3) is 6.34.